The van der Waals surface area contributed by atoms with Gasteiger partial charge in [0.25, 0.3) is 0 Å². The Bertz CT molecular complexity index is 184. The number of likely N-dealkylation sites (N-methyl/N-ethyl adjacent to an activating group) is 1. The quantitative estimate of drug-likeness (QED) is 0.685. The topological polar surface area (TPSA) is 21.3 Å². The van der Waals surface area contributed by atoms with Crippen LogP contribution in [0.1, 0.15) is 20.3 Å². The van der Waals surface area contributed by atoms with Crippen molar-refractivity contribution in [2.75, 3.05) is 25.4 Å². The molecule has 0 amide bonds. The lowest BCUT2D eigenvalue weighted by Crippen LogP contribution is -2.19. The largest absolute Gasteiger partial charge is 0.377 e. The van der Waals surface area contributed by atoms with Gasteiger partial charge in [0, 0.05) is 24.2 Å². The number of hydrogen-bond acceptors (Lipinski definition) is 3. The lowest BCUT2D eigenvalue weighted by molar-refractivity contribution is 0.127. The van der Waals surface area contributed by atoms with Crippen molar-refractivity contribution in [1.82, 2.24) is 5.32 Å². The fourth-order valence-electron chi connectivity index (χ4n) is 1.51. The van der Waals surface area contributed by atoms with E-state index in [1.165, 1.54) is 12.0 Å². The van der Waals surface area contributed by atoms with Crippen LogP contribution in [0.25, 0.3) is 0 Å². The van der Waals surface area contributed by atoms with Gasteiger partial charge in [0.2, 0.25) is 0 Å². The van der Waals surface area contributed by atoms with E-state index in [0.717, 1.165) is 25.4 Å². The zero-order chi connectivity index (χ0) is 10.4. The molecule has 0 aromatic rings. The van der Waals surface area contributed by atoms with Gasteiger partial charge in [-0.05, 0) is 19.9 Å². The van der Waals surface area contributed by atoms with Crippen molar-refractivity contribution in [3.05, 3.63) is 12.2 Å². The molecule has 1 aliphatic rings. The number of nitrogens with one attached hydrogen (secondary N) is 1. The molecular formula is C11H21NOS. The first kappa shape index (κ1) is 12.1. The van der Waals surface area contributed by atoms with E-state index in [0.29, 0.717) is 11.4 Å². The highest BCUT2D eigenvalue weighted by molar-refractivity contribution is 8.00. The lowest BCUT2D eigenvalue weighted by Gasteiger charge is -2.14. The number of ether oxygens (including phenoxy) is 1. The van der Waals surface area contributed by atoms with Gasteiger partial charge >= 0.3 is 0 Å². The van der Waals surface area contributed by atoms with Crippen LogP contribution in [0, 0.1) is 0 Å². The minimum Gasteiger partial charge on any atom is -0.377 e. The second-order valence-corrected chi connectivity index (χ2v) is 4.97. The van der Waals surface area contributed by atoms with Crippen LogP contribution >= 0.6 is 11.8 Å². The first-order chi connectivity index (χ1) is 6.74. The molecule has 2 nitrogen and oxygen atoms in total. The molecule has 1 heterocycles. The van der Waals surface area contributed by atoms with Crippen LogP contribution in [-0.4, -0.2) is 36.8 Å². The highest BCUT2D eigenvalue weighted by atomic mass is 32.2. The van der Waals surface area contributed by atoms with Gasteiger partial charge in [-0.2, -0.15) is 11.8 Å². The Morgan fingerprint density at radius 1 is 1.64 bits per heavy atom. The van der Waals surface area contributed by atoms with E-state index < -0.39 is 0 Å². The zero-order valence-electron chi connectivity index (χ0n) is 9.21. The van der Waals surface area contributed by atoms with E-state index in [-0.39, 0.29) is 0 Å². The van der Waals surface area contributed by atoms with Crippen molar-refractivity contribution in [2.45, 2.75) is 31.6 Å². The van der Waals surface area contributed by atoms with E-state index in [4.69, 9.17) is 4.74 Å². The Morgan fingerprint density at radius 2 is 2.43 bits per heavy atom. The molecule has 0 radical (unpaired) electrons. The molecular weight excluding hydrogens is 194 g/mol. The third-order valence-electron chi connectivity index (χ3n) is 2.43. The highest BCUT2D eigenvalue weighted by Gasteiger charge is 2.24. The van der Waals surface area contributed by atoms with Crippen LogP contribution in [0.5, 0.6) is 0 Å². The molecule has 0 aliphatic carbocycles. The van der Waals surface area contributed by atoms with E-state index in [2.05, 4.69) is 25.7 Å². The Hall–Kier alpha value is 0.01000. The van der Waals surface area contributed by atoms with Crippen molar-refractivity contribution in [3.63, 3.8) is 0 Å². The predicted molar refractivity (Wildman–Crippen MR) is 64.0 cm³/mol. The molecule has 0 bridgehead atoms. The van der Waals surface area contributed by atoms with Gasteiger partial charge in [-0.15, -0.1) is 0 Å². The second-order valence-electron chi connectivity index (χ2n) is 3.74. The third-order valence-corrected chi connectivity index (χ3v) is 4.06. The van der Waals surface area contributed by atoms with Gasteiger partial charge in [0.1, 0.15) is 0 Å². The molecule has 0 spiro atoms. The normalized spacial score (nSPS) is 26.7. The van der Waals surface area contributed by atoms with Crippen molar-refractivity contribution < 1.29 is 4.74 Å². The standard InChI is InChI=1S/C11H21NOS/c1-4-12-7-9(2)8-14-11-5-6-13-10(11)3/h10-12H,2,4-8H2,1,3H3. The summed E-state index contributed by atoms with van der Waals surface area (Å²) < 4.78 is 5.51. The van der Waals surface area contributed by atoms with Crippen LogP contribution in [0.15, 0.2) is 12.2 Å². The maximum absolute atomic E-state index is 5.51. The van der Waals surface area contributed by atoms with Crippen molar-refractivity contribution in [3.8, 4) is 0 Å². The maximum atomic E-state index is 5.51. The zero-order valence-corrected chi connectivity index (χ0v) is 10.0. The summed E-state index contributed by atoms with van der Waals surface area (Å²) in [6.07, 6.45) is 1.62. The number of hydrogen-bond donors (Lipinski definition) is 1. The molecule has 1 fully saturated rings. The van der Waals surface area contributed by atoms with Gasteiger partial charge in [-0.3, -0.25) is 0 Å². The van der Waals surface area contributed by atoms with Crippen LogP contribution in [-0.2, 0) is 4.74 Å². The van der Waals surface area contributed by atoms with Gasteiger partial charge in [-0.1, -0.05) is 19.1 Å². The molecule has 1 N–H and O–H groups in total. The molecule has 0 aromatic heterocycles. The fourth-order valence-corrected chi connectivity index (χ4v) is 2.67. The molecule has 82 valence electrons. The smallest absolute Gasteiger partial charge is 0.0666 e. The average molecular weight is 215 g/mol. The van der Waals surface area contributed by atoms with Crippen LogP contribution in [0.3, 0.4) is 0 Å². The molecule has 1 rings (SSSR count). The molecule has 3 heteroatoms. The molecule has 1 aliphatic heterocycles. The number of thioether (sulfide) groups is 1. The van der Waals surface area contributed by atoms with E-state index in [1.807, 2.05) is 11.8 Å². The predicted octanol–water partition coefficient (Wildman–Crippen LogP) is 2.06. The minimum absolute atomic E-state index is 0.423. The summed E-state index contributed by atoms with van der Waals surface area (Å²) >= 11 is 1.99. The van der Waals surface area contributed by atoms with Crippen LogP contribution in [0.4, 0.5) is 0 Å². The van der Waals surface area contributed by atoms with Crippen LogP contribution < -0.4 is 5.32 Å². The SMILES string of the molecule is C=C(CNCC)CSC1CCOC1C. The maximum Gasteiger partial charge on any atom is 0.0666 e. The third kappa shape index (κ3) is 4.03. The van der Waals surface area contributed by atoms with Gasteiger partial charge in [0.05, 0.1) is 6.10 Å². The average Bonchev–Trinajstić information content (AvgIpc) is 2.58. The van der Waals surface area contributed by atoms with E-state index >= 15 is 0 Å². The molecule has 1 saturated heterocycles. The molecule has 0 aromatic carbocycles. The molecule has 0 saturated carbocycles. The van der Waals surface area contributed by atoms with Gasteiger partial charge in [0.15, 0.2) is 0 Å². The Balaban J connectivity index is 2.10. The summed E-state index contributed by atoms with van der Waals surface area (Å²) in [5.41, 5.74) is 1.29. The van der Waals surface area contributed by atoms with E-state index in [1.54, 1.807) is 0 Å². The van der Waals surface area contributed by atoms with Crippen molar-refractivity contribution in [2.24, 2.45) is 0 Å². The fraction of sp³-hybridized carbons (Fsp3) is 0.818. The van der Waals surface area contributed by atoms with Crippen molar-refractivity contribution in [1.29, 1.82) is 0 Å². The monoisotopic (exact) mass is 215 g/mol. The highest BCUT2D eigenvalue weighted by Crippen LogP contribution is 2.27. The summed E-state index contributed by atoms with van der Waals surface area (Å²) in [5, 5.41) is 3.96. The Morgan fingerprint density at radius 3 is 3.00 bits per heavy atom. The lowest BCUT2D eigenvalue weighted by atomic mass is 10.3. The second kappa shape index (κ2) is 6.49. The molecule has 2 atom stereocenters. The first-order valence-corrected chi connectivity index (χ1v) is 6.39. The first-order valence-electron chi connectivity index (χ1n) is 5.34. The number of rotatable bonds is 6. The molecule has 14 heavy (non-hydrogen) atoms. The van der Waals surface area contributed by atoms with Crippen LogP contribution in [0.2, 0.25) is 0 Å². The summed E-state index contributed by atoms with van der Waals surface area (Å²) in [5.74, 6) is 1.06. The van der Waals surface area contributed by atoms with Crippen molar-refractivity contribution >= 4 is 11.8 Å². The van der Waals surface area contributed by atoms with E-state index in [9.17, 15) is 0 Å². The summed E-state index contributed by atoms with van der Waals surface area (Å²) in [6.45, 7) is 11.2. The Kier molecular flexibility index (Phi) is 5.60. The Labute approximate surface area is 91.5 Å². The van der Waals surface area contributed by atoms with Gasteiger partial charge < -0.3 is 10.1 Å². The minimum atomic E-state index is 0.423. The summed E-state index contributed by atoms with van der Waals surface area (Å²) in [6, 6.07) is 0. The summed E-state index contributed by atoms with van der Waals surface area (Å²) in [4.78, 5) is 0. The van der Waals surface area contributed by atoms with Gasteiger partial charge in [-0.25, -0.2) is 0 Å². The molecule has 2 unspecified atom stereocenters. The summed E-state index contributed by atoms with van der Waals surface area (Å²) in [7, 11) is 0.